The Balaban J connectivity index is 2.17. The zero-order valence-electron chi connectivity index (χ0n) is 12.6. The highest BCUT2D eigenvalue weighted by Gasteiger charge is 2.15. The molecule has 128 valence electrons. The van der Waals surface area contributed by atoms with Crippen LogP contribution in [0.15, 0.2) is 30.3 Å². The Morgan fingerprint density at radius 2 is 1.79 bits per heavy atom. The predicted molar refractivity (Wildman–Crippen MR) is 116 cm³/mol. The summed E-state index contributed by atoms with van der Waals surface area (Å²) in [4.78, 5) is 11.4. The molecule has 1 atom stereocenters. The van der Waals surface area contributed by atoms with E-state index in [1.54, 1.807) is 12.1 Å². The summed E-state index contributed by atoms with van der Waals surface area (Å²) in [5, 5.41) is 9.82. The summed E-state index contributed by atoms with van der Waals surface area (Å²) in [7, 11) is 1.32. The molecule has 0 aliphatic rings. The molecular weight excluding hydrogens is 651 g/mol. The van der Waals surface area contributed by atoms with Crippen molar-refractivity contribution >= 4 is 73.7 Å². The number of esters is 1. The highest BCUT2D eigenvalue weighted by molar-refractivity contribution is 14.1. The van der Waals surface area contributed by atoms with Gasteiger partial charge in [0.25, 0.3) is 0 Å². The largest absolute Gasteiger partial charge is 0.506 e. The molecule has 0 aliphatic heterocycles. The molecule has 1 unspecified atom stereocenters. The van der Waals surface area contributed by atoms with Gasteiger partial charge in [0.1, 0.15) is 23.3 Å². The molecular formula is C16H14I3NO4. The van der Waals surface area contributed by atoms with Crippen LogP contribution >= 0.6 is 67.8 Å². The van der Waals surface area contributed by atoms with Crippen molar-refractivity contribution in [3.05, 3.63) is 46.6 Å². The summed E-state index contributed by atoms with van der Waals surface area (Å²) in [6.07, 6.45) is 0.401. The number of methoxy groups -OCH3 is 1. The molecule has 24 heavy (non-hydrogen) atoms. The molecule has 0 radical (unpaired) electrons. The van der Waals surface area contributed by atoms with E-state index in [1.807, 2.05) is 18.2 Å². The molecule has 2 aromatic carbocycles. The van der Waals surface area contributed by atoms with Gasteiger partial charge >= 0.3 is 5.97 Å². The molecule has 0 fully saturated rings. The van der Waals surface area contributed by atoms with Gasteiger partial charge in [0.05, 0.1) is 17.8 Å². The lowest BCUT2D eigenvalue weighted by Crippen LogP contribution is -2.33. The third-order valence-corrected chi connectivity index (χ3v) is 5.66. The molecule has 0 saturated carbocycles. The number of carbonyl (C=O) groups excluding carboxylic acids is 1. The molecule has 0 saturated heterocycles. The smallest absolute Gasteiger partial charge is 0.322 e. The lowest BCUT2D eigenvalue weighted by atomic mass is 10.1. The van der Waals surface area contributed by atoms with Gasteiger partial charge in [-0.15, -0.1) is 0 Å². The van der Waals surface area contributed by atoms with E-state index in [2.05, 4.69) is 72.5 Å². The van der Waals surface area contributed by atoms with E-state index in [1.165, 1.54) is 7.11 Å². The van der Waals surface area contributed by atoms with Crippen LogP contribution in [0.4, 0.5) is 0 Å². The van der Waals surface area contributed by atoms with Gasteiger partial charge in [0, 0.05) is 0 Å². The van der Waals surface area contributed by atoms with Crippen LogP contribution in [-0.4, -0.2) is 24.2 Å². The minimum Gasteiger partial charge on any atom is -0.506 e. The number of halogens is 3. The van der Waals surface area contributed by atoms with Gasteiger partial charge in [-0.25, -0.2) is 0 Å². The van der Waals surface area contributed by atoms with Crippen LogP contribution in [0, 0.1) is 10.7 Å². The van der Waals surface area contributed by atoms with E-state index in [-0.39, 0.29) is 5.75 Å². The average molecular weight is 665 g/mol. The molecule has 0 spiro atoms. The first kappa shape index (κ1) is 20.0. The second-order valence-corrected chi connectivity index (χ2v) is 8.42. The average Bonchev–Trinajstić information content (AvgIpc) is 2.54. The summed E-state index contributed by atoms with van der Waals surface area (Å²) >= 11 is 6.30. The van der Waals surface area contributed by atoms with E-state index in [0.29, 0.717) is 17.9 Å². The van der Waals surface area contributed by atoms with Crippen LogP contribution in [0.5, 0.6) is 17.2 Å². The number of rotatable bonds is 5. The number of hydrogen-bond acceptors (Lipinski definition) is 5. The summed E-state index contributed by atoms with van der Waals surface area (Å²) in [5.41, 5.74) is 6.72. The molecule has 5 nitrogen and oxygen atoms in total. The number of hydrogen-bond donors (Lipinski definition) is 2. The van der Waals surface area contributed by atoms with Gasteiger partial charge in [-0.05, 0) is 104 Å². The fraction of sp³-hybridized carbons (Fsp3) is 0.188. The van der Waals surface area contributed by atoms with Crippen LogP contribution in [0.3, 0.4) is 0 Å². The van der Waals surface area contributed by atoms with Crippen molar-refractivity contribution in [3.8, 4) is 17.2 Å². The number of aromatic hydroxyl groups is 1. The maximum Gasteiger partial charge on any atom is 0.322 e. The second-order valence-electron chi connectivity index (χ2n) is 4.94. The summed E-state index contributed by atoms with van der Waals surface area (Å²) in [6, 6.07) is 8.50. The van der Waals surface area contributed by atoms with E-state index in [9.17, 15) is 9.90 Å². The number of ether oxygens (including phenoxy) is 2. The SMILES string of the molecule is COC(=O)C(N)Cc1ccc(Oc2cc(I)c(O)c(I)c2)c(I)c1. The first-order valence-corrected chi connectivity index (χ1v) is 10.0. The van der Waals surface area contributed by atoms with Crippen molar-refractivity contribution in [2.45, 2.75) is 12.5 Å². The molecule has 2 aromatic rings. The third-order valence-electron chi connectivity index (χ3n) is 3.17. The fourth-order valence-electron chi connectivity index (χ4n) is 1.97. The van der Waals surface area contributed by atoms with Crippen LogP contribution in [-0.2, 0) is 16.0 Å². The number of benzene rings is 2. The molecule has 0 aliphatic carbocycles. The van der Waals surface area contributed by atoms with Crippen molar-refractivity contribution in [1.82, 2.24) is 0 Å². The van der Waals surface area contributed by atoms with Crippen LogP contribution < -0.4 is 10.5 Å². The Morgan fingerprint density at radius 1 is 1.17 bits per heavy atom. The maximum absolute atomic E-state index is 11.4. The van der Waals surface area contributed by atoms with E-state index in [4.69, 9.17) is 10.5 Å². The van der Waals surface area contributed by atoms with E-state index in [0.717, 1.165) is 16.3 Å². The van der Waals surface area contributed by atoms with Crippen molar-refractivity contribution in [2.75, 3.05) is 7.11 Å². The van der Waals surface area contributed by atoms with Crippen LogP contribution in [0.1, 0.15) is 5.56 Å². The first-order valence-electron chi connectivity index (χ1n) is 6.79. The minimum atomic E-state index is -0.683. The zero-order chi connectivity index (χ0) is 17.9. The van der Waals surface area contributed by atoms with Gasteiger partial charge in [0.15, 0.2) is 0 Å². The predicted octanol–water partition coefficient (Wildman–Crippen LogP) is 4.04. The monoisotopic (exact) mass is 665 g/mol. The number of nitrogens with two attached hydrogens (primary N) is 1. The van der Waals surface area contributed by atoms with E-state index < -0.39 is 12.0 Å². The Labute approximate surface area is 180 Å². The molecule has 3 N–H and O–H groups in total. The molecule has 0 heterocycles. The quantitative estimate of drug-likeness (QED) is 0.373. The summed E-state index contributed by atoms with van der Waals surface area (Å²) in [6.45, 7) is 0. The highest BCUT2D eigenvalue weighted by Crippen LogP contribution is 2.34. The zero-order valence-corrected chi connectivity index (χ0v) is 19.0. The number of phenolic OH excluding ortho intramolecular Hbond substituents is 1. The molecule has 2 rings (SSSR count). The Bertz CT molecular complexity index is 744. The maximum atomic E-state index is 11.4. The van der Waals surface area contributed by atoms with Crippen molar-refractivity contribution < 1.29 is 19.4 Å². The molecule has 0 aromatic heterocycles. The summed E-state index contributed by atoms with van der Waals surface area (Å²) < 4.78 is 12.9. The number of phenols is 1. The van der Waals surface area contributed by atoms with Gasteiger partial charge in [0.2, 0.25) is 0 Å². The molecule has 0 amide bonds. The van der Waals surface area contributed by atoms with Gasteiger partial charge in [-0.1, -0.05) is 6.07 Å². The first-order chi connectivity index (χ1) is 11.3. The molecule has 0 bridgehead atoms. The Kier molecular flexibility index (Phi) is 7.37. The van der Waals surface area contributed by atoms with Gasteiger partial charge in [-0.2, -0.15) is 0 Å². The van der Waals surface area contributed by atoms with Crippen molar-refractivity contribution in [2.24, 2.45) is 5.73 Å². The minimum absolute atomic E-state index is 0.255. The topological polar surface area (TPSA) is 81.8 Å². The Hall–Kier alpha value is -0.340. The molecule has 8 heteroatoms. The van der Waals surface area contributed by atoms with Crippen LogP contribution in [0.2, 0.25) is 0 Å². The van der Waals surface area contributed by atoms with Crippen LogP contribution in [0.25, 0.3) is 0 Å². The van der Waals surface area contributed by atoms with Crippen molar-refractivity contribution in [3.63, 3.8) is 0 Å². The second kappa shape index (κ2) is 8.85. The lowest BCUT2D eigenvalue weighted by molar-refractivity contribution is -0.142. The van der Waals surface area contributed by atoms with E-state index >= 15 is 0 Å². The summed E-state index contributed by atoms with van der Waals surface area (Å²) in [5.74, 6) is 1.17. The van der Waals surface area contributed by atoms with Crippen molar-refractivity contribution in [1.29, 1.82) is 0 Å². The number of carbonyl (C=O) groups is 1. The van der Waals surface area contributed by atoms with Gasteiger partial charge in [-0.3, -0.25) is 4.79 Å². The normalized spacial score (nSPS) is 11.9. The fourth-order valence-corrected chi connectivity index (χ4v) is 4.37. The van der Waals surface area contributed by atoms with Gasteiger partial charge < -0.3 is 20.3 Å². The third kappa shape index (κ3) is 5.08. The Morgan fingerprint density at radius 3 is 2.33 bits per heavy atom. The lowest BCUT2D eigenvalue weighted by Gasteiger charge is -2.13. The highest BCUT2D eigenvalue weighted by atomic mass is 127. The standard InChI is InChI=1S/C16H14I3NO4/c1-23-16(22)13(20)5-8-2-3-14(10(17)4-8)24-9-6-11(18)15(21)12(19)7-9/h2-4,6-7,13,21H,5,20H2,1H3.